The van der Waals surface area contributed by atoms with Crippen molar-refractivity contribution in [3.05, 3.63) is 0 Å². The van der Waals surface area contributed by atoms with Crippen molar-refractivity contribution >= 4 is 5.97 Å². The van der Waals surface area contributed by atoms with E-state index in [9.17, 15) is 9.90 Å². The van der Waals surface area contributed by atoms with Gasteiger partial charge in [0.15, 0.2) is 0 Å². The average molecular weight is 187 g/mol. The highest BCUT2D eigenvalue weighted by Gasteiger charge is 2.38. The van der Waals surface area contributed by atoms with E-state index in [-0.39, 0.29) is 24.0 Å². The summed E-state index contributed by atoms with van der Waals surface area (Å²) >= 11 is 0. The van der Waals surface area contributed by atoms with Crippen LogP contribution in [0, 0.1) is 5.41 Å². The Morgan fingerprint density at radius 3 is 2.69 bits per heavy atom. The maximum atomic E-state index is 10.9. The Morgan fingerprint density at radius 2 is 2.31 bits per heavy atom. The fourth-order valence-electron chi connectivity index (χ4n) is 1.61. The van der Waals surface area contributed by atoms with Crippen molar-refractivity contribution in [2.75, 3.05) is 26.7 Å². The molecule has 0 aliphatic carbocycles. The molecule has 0 spiro atoms. The second-order valence-electron chi connectivity index (χ2n) is 4.25. The zero-order chi connectivity index (χ0) is 10.1. The lowest BCUT2D eigenvalue weighted by Gasteiger charge is -2.20. The van der Waals surface area contributed by atoms with Gasteiger partial charge in [-0.2, -0.15) is 0 Å². The summed E-state index contributed by atoms with van der Waals surface area (Å²) in [6.07, 6.45) is -0.350. The van der Waals surface area contributed by atoms with Crippen LogP contribution in [0.3, 0.4) is 0 Å². The van der Waals surface area contributed by atoms with Crippen LogP contribution < -0.4 is 0 Å². The van der Waals surface area contributed by atoms with Gasteiger partial charge in [0.2, 0.25) is 0 Å². The number of methoxy groups -OCH3 is 1. The largest absolute Gasteiger partial charge is 0.468 e. The van der Waals surface area contributed by atoms with Gasteiger partial charge in [-0.05, 0) is 0 Å². The average Bonchev–Trinajstić information content (AvgIpc) is 2.25. The standard InChI is InChI=1S/C9H17NO3/c1-9(2)6-10(4-7(9)11)5-8(12)13-3/h7,11H,4-6H2,1-3H3. The maximum Gasteiger partial charge on any atom is 0.319 e. The number of hydrogen-bond acceptors (Lipinski definition) is 4. The lowest BCUT2D eigenvalue weighted by atomic mass is 9.90. The molecule has 1 aliphatic rings. The molecule has 1 heterocycles. The Kier molecular flexibility index (Phi) is 2.93. The van der Waals surface area contributed by atoms with Gasteiger partial charge in [-0.3, -0.25) is 9.69 Å². The first-order valence-corrected chi connectivity index (χ1v) is 4.43. The van der Waals surface area contributed by atoms with Crippen molar-refractivity contribution in [3.63, 3.8) is 0 Å². The van der Waals surface area contributed by atoms with E-state index in [0.29, 0.717) is 6.54 Å². The van der Waals surface area contributed by atoms with Gasteiger partial charge < -0.3 is 9.84 Å². The Morgan fingerprint density at radius 1 is 1.69 bits per heavy atom. The van der Waals surface area contributed by atoms with Crippen LogP contribution in [0.5, 0.6) is 0 Å². The van der Waals surface area contributed by atoms with Crippen molar-refractivity contribution in [1.29, 1.82) is 0 Å². The second-order valence-corrected chi connectivity index (χ2v) is 4.25. The number of hydrogen-bond donors (Lipinski definition) is 1. The van der Waals surface area contributed by atoms with Gasteiger partial charge in [-0.15, -0.1) is 0 Å². The normalized spacial score (nSPS) is 27.5. The van der Waals surface area contributed by atoms with Gasteiger partial charge >= 0.3 is 5.97 Å². The summed E-state index contributed by atoms with van der Waals surface area (Å²) in [6, 6.07) is 0. The molecule has 4 nitrogen and oxygen atoms in total. The van der Waals surface area contributed by atoms with E-state index in [2.05, 4.69) is 4.74 Å². The van der Waals surface area contributed by atoms with E-state index in [1.54, 1.807) is 0 Å². The van der Waals surface area contributed by atoms with Crippen LogP contribution >= 0.6 is 0 Å². The van der Waals surface area contributed by atoms with E-state index >= 15 is 0 Å². The zero-order valence-electron chi connectivity index (χ0n) is 8.41. The Bertz CT molecular complexity index is 203. The van der Waals surface area contributed by atoms with Gasteiger partial charge in [0.05, 0.1) is 19.8 Å². The predicted octanol–water partition coefficient (Wildman–Crippen LogP) is -0.138. The molecule has 0 aromatic heterocycles. The van der Waals surface area contributed by atoms with E-state index < -0.39 is 0 Å². The topological polar surface area (TPSA) is 49.8 Å². The Balaban J connectivity index is 2.45. The van der Waals surface area contributed by atoms with Crippen LogP contribution in [0.15, 0.2) is 0 Å². The van der Waals surface area contributed by atoms with Crippen LogP contribution in [0.2, 0.25) is 0 Å². The molecule has 76 valence electrons. The number of carbonyl (C=O) groups excluding carboxylic acids is 1. The number of likely N-dealkylation sites (tertiary alicyclic amines) is 1. The highest BCUT2D eigenvalue weighted by atomic mass is 16.5. The molecular weight excluding hydrogens is 170 g/mol. The lowest BCUT2D eigenvalue weighted by Crippen LogP contribution is -2.29. The first kappa shape index (κ1) is 10.5. The molecule has 1 N–H and O–H groups in total. The highest BCUT2D eigenvalue weighted by Crippen LogP contribution is 2.28. The third-order valence-corrected chi connectivity index (χ3v) is 2.54. The molecule has 0 bridgehead atoms. The maximum absolute atomic E-state index is 10.9. The van der Waals surface area contributed by atoms with Crippen molar-refractivity contribution in [2.24, 2.45) is 5.41 Å². The molecule has 1 atom stereocenters. The minimum absolute atomic E-state index is 0.117. The Hall–Kier alpha value is -0.610. The zero-order valence-corrected chi connectivity index (χ0v) is 8.41. The fourth-order valence-corrected chi connectivity index (χ4v) is 1.61. The number of carbonyl (C=O) groups is 1. The van der Waals surface area contributed by atoms with E-state index in [0.717, 1.165) is 6.54 Å². The summed E-state index contributed by atoms with van der Waals surface area (Å²) in [6.45, 7) is 5.56. The molecule has 0 aromatic rings. The number of aliphatic hydroxyl groups excluding tert-OH is 1. The number of ether oxygens (including phenoxy) is 1. The number of aliphatic hydroxyl groups is 1. The molecular formula is C9H17NO3. The summed E-state index contributed by atoms with van der Waals surface area (Å²) in [7, 11) is 1.37. The first-order valence-electron chi connectivity index (χ1n) is 4.43. The summed E-state index contributed by atoms with van der Waals surface area (Å²) in [4.78, 5) is 12.9. The van der Waals surface area contributed by atoms with Crippen molar-refractivity contribution < 1.29 is 14.6 Å². The molecule has 1 rings (SSSR count). The highest BCUT2D eigenvalue weighted by molar-refractivity contribution is 5.71. The fraction of sp³-hybridized carbons (Fsp3) is 0.889. The molecule has 4 heteroatoms. The molecule has 0 amide bonds. The van der Waals surface area contributed by atoms with Crippen LogP contribution in [0.25, 0.3) is 0 Å². The van der Waals surface area contributed by atoms with E-state index in [1.165, 1.54) is 7.11 Å². The van der Waals surface area contributed by atoms with Crippen molar-refractivity contribution in [1.82, 2.24) is 4.90 Å². The van der Waals surface area contributed by atoms with E-state index in [1.807, 2.05) is 18.7 Å². The number of esters is 1. The first-order chi connectivity index (χ1) is 5.95. The quantitative estimate of drug-likeness (QED) is 0.611. The molecule has 1 saturated heterocycles. The van der Waals surface area contributed by atoms with Gasteiger partial charge in [-0.25, -0.2) is 0 Å². The van der Waals surface area contributed by atoms with Crippen molar-refractivity contribution in [3.8, 4) is 0 Å². The smallest absolute Gasteiger partial charge is 0.319 e. The van der Waals surface area contributed by atoms with Crippen molar-refractivity contribution in [2.45, 2.75) is 20.0 Å². The third kappa shape index (κ3) is 2.42. The van der Waals surface area contributed by atoms with Crippen LogP contribution in [-0.2, 0) is 9.53 Å². The number of β-amino-alcohol motifs (C(OH)–C–C–N with tert-alkyl or cyclic N) is 1. The second kappa shape index (κ2) is 3.64. The van der Waals surface area contributed by atoms with Crippen LogP contribution in [-0.4, -0.2) is 48.8 Å². The van der Waals surface area contributed by atoms with Crippen LogP contribution in [0.1, 0.15) is 13.8 Å². The molecule has 1 unspecified atom stereocenters. The summed E-state index contributed by atoms with van der Waals surface area (Å²) < 4.78 is 4.55. The molecule has 13 heavy (non-hydrogen) atoms. The van der Waals surface area contributed by atoms with Crippen LogP contribution in [0.4, 0.5) is 0 Å². The Labute approximate surface area is 78.5 Å². The van der Waals surface area contributed by atoms with Gasteiger partial charge in [0.1, 0.15) is 0 Å². The molecule has 1 aliphatic heterocycles. The summed E-state index contributed by atoms with van der Waals surface area (Å²) in [5.41, 5.74) is -0.117. The minimum atomic E-state index is -0.350. The number of rotatable bonds is 2. The van der Waals surface area contributed by atoms with Gasteiger partial charge in [0.25, 0.3) is 0 Å². The lowest BCUT2D eigenvalue weighted by molar-refractivity contribution is -0.141. The predicted molar refractivity (Wildman–Crippen MR) is 48.2 cm³/mol. The molecule has 0 radical (unpaired) electrons. The van der Waals surface area contributed by atoms with Gasteiger partial charge in [-0.1, -0.05) is 13.8 Å². The molecule has 0 aromatic carbocycles. The minimum Gasteiger partial charge on any atom is -0.468 e. The monoisotopic (exact) mass is 187 g/mol. The van der Waals surface area contributed by atoms with E-state index in [4.69, 9.17) is 0 Å². The molecule has 0 saturated carbocycles. The summed E-state index contributed by atoms with van der Waals surface area (Å²) in [5.74, 6) is -0.245. The summed E-state index contributed by atoms with van der Waals surface area (Å²) in [5, 5.41) is 9.62. The molecule has 1 fully saturated rings. The number of nitrogens with zero attached hydrogens (tertiary/aromatic N) is 1. The van der Waals surface area contributed by atoms with Gasteiger partial charge in [0, 0.05) is 18.5 Å². The SMILES string of the molecule is COC(=O)CN1CC(O)C(C)(C)C1. The third-order valence-electron chi connectivity index (χ3n) is 2.54.